The van der Waals surface area contributed by atoms with Crippen molar-refractivity contribution in [1.29, 1.82) is 0 Å². The zero-order chi connectivity index (χ0) is 12.7. The summed E-state index contributed by atoms with van der Waals surface area (Å²) in [7, 11) is 0. The number of imidazole rings is 1. The molecule has 1 aliphatic rings. The number of aromatic nitrogens is 2. The van der Waals surface area contributed by atoms with E-state index in [1.807, 2.05) is 18.2 Å². The quantitative estimate of drug-likeness (QED) is 0.903. The number of nitrogens with two attached hydrogens (primary N) is 1. The van der Waals surface area contributed by atoms with Gasteiger partial charge in [0.25, 0.3) is 0 Å². The lowest BCUT2D eigenvalue weighted by Gasteiger charge is -2.11. The predicted octanol–water partition coefficient (Wildman–Crippen LogP) is 3.30. The van der Waals surface area contributed by atoms with Crippen molar-refractivity contribution in [3.63, 3.8) is 0 Å². The van der Waals surface area contributed by atoms with Gasteiger partial charge in [-0.25, -0.2) is 4.98 Å². The molecule has 1 aliphatic carbocycles. The molecule has 3 nitrogen and oxygen atoms in total. The van der Waals surface area contributed by atoms with Crippen LogP contribution in [0.3, 0.4) is 0 Å². The molecule has 0 saturated heterocycles. The van der Waals surface area contributed by atoms with Crippen molar-refractivity contribution in [3.8, 4) is 0 Å². The van der Waals surface area contributed by atoms with Crippen LogP contribution < -0.4 is 5.73 Å². The van der Waals surface area contributed by atoms with Crippen molar-refractivity contribution in [1.82, 2.24) is 9.55 Å². The van der Waals surface area contributed by atoms with Gasteiger partial charge < -0.3 is 10.3 Å². The molecule has 0 radical (unpaired) electrons. The van der Waals surface area contributed by atoms with E-state index in [0.29, 0.717) is 12.0 Å². The number of benzene rings is 1. The van der Waals surface area contributed by atoms with E-state index in [1.165, 1.54) is 5.82 Å². The zero-order valence-corrected chi connectivity index (χ0v) is 11.3. The van der Waals surface area contributed by atoms with Crippen LogP contribution in [0.2, 0.25) is 5.02 Å². The van der Waals surface area contributed by atoms with E-state index in [2.05, 4.69) is 11.5 Å². The summed E-state index contributed by atoms with van der Waals surface area (Å²) in [6, 6.07) is 6.25. The Labute approximate surface area is 112 Å². The monoisotopic (exact) mass is 263 g/mol. The number of hydrogen-bond donors (Lipinski definition) is 1. The van der Waals surface area contributed by atoms with E-state index >= 15 is 0 Å². The van der Waals surface area contributed by atoms with Crippen molar-refractivity contribution < 1.29 is 0 Å². The molecule has 2 N–H and O–H groups in total. The summed E-state index contributed by atoms with van der Waals surface area (Å²) in [4.78, 5) is 4.79. The average molecular weight is 264 g/mol. The smallest absolute Gasteiger partial charge is 0.113 e. The summed E-state index contributed by atoms with van der Waals surface area (Å²) in [6.45, 7) is 3.08. The van der Waals surface area contributed by atoms with Crippen molar-refractivity contribution in [2.45, 2.75) is 44.7 Å². The highest BCUT2D eigenvalue weighted by atomic mass is 35.5. The molecule has 1 aromatic heterocycles. The lowest BCUT2D eigenvalue weighted by Crippen LogP contribution is -2.15. The SMILES string of the molecule is CCn1c(C2CCC(N)C2)nc2ccc(Cl)cc21. The average Bonchev–Trinajstić information content (AvgIpc) is 2.91. The maximum Gasteiger partial charge on any atom is 0.113 e. The van der Waals surface area contributed by atoms with Crippen LogP contribution in [0.5, 0.6) is 0 Å². The van der Waals surface area contributed by atoms with Crippen LogP contribution in [0.25, 0.3) is 11.0 Å². The number of rotatable bonds is 2. The van der Waals surface area contributed by atoms with Gasteiger partial charge in [0.05, 0.1) is 11.0 Å². The summed E-state index contributed by atoms with van der Waals surface area (Å²) < 4.78 is 2.28. The Kier molecular flexibility index (Phi) is 3.04. The highest BCUT2D eigenvalue weighted by Crippen LogP contribution is 2.35. The minimum Gasteiger partial charge on any atom is -0.328 e. The van der Waals surface area contributed by atoms with E-state index in [9.17, 15) is 0 Å². The van der Waals surface area contributed by atoms with Crippen LogP contribution >= 0.6 is 11.6 Å². The van der Waals surface area contributed by atoms with E-state index in [1.54, 1.807) is 0 Å². The standard InChI is InChI=1S/C14H18ClN3/c1-2-18-13-8-10(15)4-6-12(13)17-14(18)9-3-5-11(16)7-9/h4,6,8-9,11H,2-3,5,7,16H2,1H3. The van der Waals surface area contributed by atoms with Gasteiger partial charge in [-0.3, -0.25) is 0 Å². The van der Waals surface area contributed by atoms with Gasteiger partial charge in [-0.1, -0.05) is 11.6 Å². The van der Waals surface area contributed by atoms with E-state index in [4.69, 9.17) is 22.3 Å². The fourth-order valence-corrected chi connectivity index (χ4v) is 3.18. The van der Waals surface area contributed by atoms with Gasteiger partial charge in [0.2, 0.25) is 0 Å². The van der Waals surface area contributed by atoms with Crippen LogP contribution in [-0.4, -0.2) is 15.6 Å². The van der Waals surface area contributed by atoms with Gasteiger partial charge >= 0.3 is 0 Å². The van der Waals surface area contributed by atoms with Gasteiger partial charge in [-0.2, -0.15) is 0 Å². The number of fused-ring (bicyclic) bond motifs is 1. The van der Waals surface area contributed by atoms with E-state index in [0.717, 1.165) is 41.9 Å². The molecule has 3 rings (SSSR count). The lowest BCUT2D eigenvalue weighted by molar-refractivity contribution is 0.598. The molecule has 0 amide bonds. The van der Waals surface area contributed by atoms with Crippen LogP contribution in [-0.2, 0) is 6.54 Å². The van der Waals surface area contributed by atoms with Crippen molar-refractivity contribution >= 4 is 22.6 Å². The maximum absolute atomic E-state index is 6.08. The molecule has 1 aromatic carbocycles. The maximum atomic E-state index is 6.08. The molecule has 4 heteroatoms. The predicted molar refractivity (Wildman–Crippen MR) is 75.0 cm³/mol. The summed E-state index contributed by atoms with van der Waals surface area (Å²) in [5, 5.41) is 0.770. The summed E-state index contributed by atoms with van der Waals surface area (Å²) >= 11 is 6.08. The molecule has 0 spiro atoms. The molecule has 0 aliphatic heterocycles. The highest BCUT2D eigenvalue weighted by Gasteiger charge is 2.27. The Bertz CT molecular complexity index is 576. The van der Waals surface area contributed by atoms with Gasteiger partial charge in [-0.05, 0) is 44.4 Å². The first-order valence-corrected chi connectivity index (χ1v) is 6.98. The molecular formula is C14H18ClN3. The second-order valence-corrected chi connectivity index (χ2v) is 5.55. The largest absolute Gasteiger partial charge is 0.328 e. The molecule has 2 aromatic rings. The van der Waals surface area contributed by atoms with Crippen LogP contribution in [0, 0.1) is 0 Å². The Morgan fingerprint density at radius 3 is 2.94 bits per heavy atom. The van der Waals surface area contributed by atoms with Gasteiger partial charge in [0.1, 0.15) is 5.82 Å². The van der Waals surface area contributed by atoms with Gasteiger partial charge in [0.15, 0.2) is 0 Å². The minimum atomic E-state index is 0.337. The highest BCUT2D eigenvalue weighted by molar-refractivity contribution is 6.31. The number of halogens is 1. The van der Waals surface area contributed by atoms with Gasteiger partial charge in [-0.15, -0.1) is 0 Å². The Morgan fingerprint density at radius 2 is 2.28 bits per heavy atom. The molecule has 2 unspecified atom stereocenters. The number of aryl methyl sites for hydroxylation is 1. The normalized spacial score (nSPS) is 23.9. The number of hydrogen-bond acceptors (Lipinski definition) is 2. The second kappa shape index (κ2) is 4.56. The fourth-order valence-electron chi connectivity index (χ4n) is 3.01. The minimum absolute atomic E-state index is 0.337. The van der Waals surface area contributed by atoms with Crippen molar-refractivity contribution in [3.05, 3.63) is 29.0 Å². The topological polar surface area (TPSA) is 43.8 Å². The first-order valence-electron chi connectivity index (χ1n) is 6.60. The summed E-state index contributed by atoms with van der Waals surface area (Å²) in [6.07, 6.45) is 3.31. The lowest BCUT2D eigenvalue weighted by atomic mass is 10.1. The van der Waals surface area contributed by atoms with Crippen LogP contribution in [0.1, 0.15) is 37.9 Å². The van der Waals surface area contributed by atoms with Gasteiger partial charge in [0, 0.05) is 23.5 Å². The second-order valence-electron chi connectivity index (χ2n) is 5.12. The molecule has 1 heterocycles. The Morgan fingerprint density at radius 1 is 1.44 bits per heavy atom. The van der Waals surface area contributed by atoms with Crippen molar-refractivity contribution in [2.75, 3.05) is 0 Å². The first-order chi connectivity index (χ1) is 8.69. The summed E-state index contributed by atoms with van der Waals surface area (Å²) in [5.41, 5.74) is 8.19. The third-order valence-corrected chi connectivity index (χ3v) is 4.13. The molecular weight excluding hydrogens is 246 g/mol. The van der Waals surface area contributed by atoms with E-state index < -0.39 is 0 Å². The first kappa shape index (κ1) is 12.0. The van der Waals surface area contributed by atoms with E-state index in [-0.39, 0.29) is 0 Å². The van der Waals surface area contributed by atoms with Crippen LogP contribution in [0.15, 0.2) is 18.2 Å². The molecule has 1 fully saturated rings. The molecule has 2 atom stereocenters. The molecule has 0 bridgehead atoms. The third kappa shape index (κ3) is 1.91. The fraction of sp³-hybridized carbons (Fsp3) is 0.500. The molecule has 18 heavy (non-hydrogen) atoms. The zero-order valence-electron chi connectivity index (χ0n) is 10.6. The Hall–Kier alpha value is -1.06. The number of nitrogens with zero attached hydrogens (tertiary/aromatic N) is 2. The third-order valence-electron chi connectivity index (χ3n) is 3.89. The Balaban J connectivity index is 2.11. The molecule has 96 valence electrons. The van der Waals surface area contributed by atoms with Crippen molar-refractivity contribution in [2.24, 2.45) is 5.73 Å². The summed E-state index contributed by atoms with van der Waals surface area (Å²) in [5.74, 6) is 1.69. The van der Waals surface area contributed by atoms with Crippen LogP contribution in [0.4, 0.5) is 0 Å². The molecule has 1 saturated carbocycles.